The Morgan fingerprint density at radius 1 is 1.39 bits per heavy atom. The highest BCUT2D eigenvalue weighted by atomic mass is 79.9. The second-order valence-corrected chi connectivity index (χ2v) is 9.68. The molecule has 10 heteroatoms. The monoisotopic (exact) mass is 514 g/mol. The number of benzene rings is 1. The number of carbonyl (C=O) groups is 1. The molecule has 3 heterocycles. The van der Waals surface area contributed by atoms with Crippen LogP contribution in [-0.2, 0) is 4.74 Å². The lowest BCUT2D eigenvalue weighted by atomic mass is 10.1. The molecule has 1 fully saturated rings. The lowest BCUT2D eigenvalue weighted by molar-refractivity contribution is 0.0500. The van der Waals surface area contributed by atoms with Gasteiger partial charge in [-0.15, -0.1) is 0 Å². The number of hydrogen-bond donors (Lipinski definition) is 1. The summed E-state index contributed by atoms with van der Waals surface area (Å²) in [4.78, 5) is 23.6. The van der Waals surface area contributed by atoms with Gasteiger partial charge in [0.15, 0.2) is 11.5 Å². The largest absolute Gasteiger partial charge is 0.444 e. The number of fused-ring (bicyclic) bond motifs is 1. The third-order valence-corrected chi connectivity index (χ3v) is 6.03. The number of ether oxygens (including phenoxy) is 1. The fourth-order valence-corrected chi connectivity index (χ4v) is 4.46. The zero-order valence-electron chi connectivity index (χ0n) is 18.6. The number of rotatable bonds is 3. The van der Waals surface area contributed by atoms with Crippen molar-refractivity contribution < 1.29 is 13.9 Å². The van der Waals surface area contributed by atoms with Crippen LogP contribution in [0.3, 0.4) is 0 Å². The Labute approximate surface area is 199 Å². The molecule has 1 atom stereocenters. The van der Waals surface area contributed by atoms with Gasteiger partial charge in [0.1, 0.15) is 27.8 Å². The van der Waals surface area contributed by atoms with E-state index >= 15 is 0 Å². The second kappa shape index (κ2) is 8.98. The number of hydrogen-bond acceptors (Lipinski definition) is 6. The molecule has 1 saturated heterocycles. The maximum atomic E-state index is 14.2. The molecule has 1 aliphatic rings. The summed E-state index contributed by atoms with van der Waals surface area (Å²) in [5.41, 5.74) is 1.14. The van der Waals surface area contributed by atoms with E-state index < -0.39 is 17.5 Å². The topological polar surface area (TPSA) is 95.5 Å². The molecule has 0 saturated carbocycles. The van der Waals surface area contributed by atoms with Crippen molar-refractivity contribution in [3.63, 3.8) is 0 Å². The smallest absolute Gasteiger partial charge is 0.407 e. The molecule has 2 aromatic heterocycles. The van der Waals surface area contributed by atoms with E-state index in [2.05, 4.69) is 31.1 Å². The Morgan fingerprint density at radius 2 is 2.18 bits per heavy atom. The van der Waals surface area contributed by atoms with E-state index in [9.17, 15) is 9.18 Å². The number of nitrogens with one attached hydrogen (secondary N) is 1. The van der Waals surface area contributed by atoms with Crippen molar-refractivity contribution in [3.8, 4) is 17.3 Å². The number of imidazole rings is 1. The van der Waals surface area contributed by atoms with Crippen LogP contribution in [0.1, 0.15) is 39.2 Å². The first-order chi connectivity index (χ1) is 15.7. The summed E-state index contributed by atoms with van der Waals surface area (Å²) in [6.07, 6.45) is 4.74. The Bertz CT molecular complexity index is 1250. The number of piperidine rings is 1. The van der Waals surface area contributed by atoms with Crippen molar-refractivity contribution in [2.75, 3.05) is 18.0 Å². The van der Waals surface area contributed by atoms with E-state index in [1.54, 1.807) is 18.5 Å². The van der Waals surface area contributed by atoms with E-state index in [4.69, 9.17) is 15.0 Å². The summed E-state index contributed by atoms with van der Waals surface area (Å²) in [6.45, 7) is 6.83. The molecular formula is C23H24BrFN6O2. The molecule has 33 heavy (non-hydrogen) atoms. The minimum Gasteiger partial charge on any atom is -0.444 e. The summed E-state index contributed by atoms with van der Waals surface area (Å²) in [5.74, 6) is 0.0821. The van der Waals surface area contributed by atoms with Crippen molar-refractivity contribution in [1.29, 1.82) is 5.26 Å². The Morgan fingerprint density at radius 3 is 2.88 bits per heavy atom. The molecule has 3 aromatic rings. The van der Waals surface area contributed by atoms with Crippen LogP contribution in [0.4, 0.5) is 15.0 Å². The Kier molecular flexibility index (Phi) is 6.26. The summed E-state index contributed by atoms with van der Waals surface area (Å²) < 4.78 is 22.1. The lowest BCUT2D eigenvalue weighted by Gasteiger charge is -2.34. The molecule has 1 aliphatic heterocycles. The summed E-state index contributed by atoms with van der Waals surface area (Å²) in [6, 6.07) is 6.16. The minimum atomic E-state index is -0.593. The minimum absolute atomic E-state index is 0.0159. The molecule has 0 aliphatic carbocycles. The summed E-state index contributed by atoms with van der Waals surface area (Å²) >= 11 is 3.57. The molecule has 0 unspecified atom stereocenters. The van der Waals surface area contributed by atoms with E-state index in [0.717, 1.165) is 19.4 Å². The van der Waals surface area contributed by atoms with Crippen LogP contribution in [0, 0.1) is 17.1 Å². The maximum Gasteiger partial charge on any atom is 0.407 e. The van der Waals surface area contributed by atoms with Crippen LogP contribution in [0.5, 0.6) is 0 Å². The highest BCUT2D eigenvalue weighted by molar-refractivity contribution is 9.10. The molecule has 172 valence electrons. The van der Waals surface area contributed by atoms with Crippen molar-refractivity contribution in [2.45, 2.75) is 45.3 Å². The van der Waals surface area contributed by atoms with Gasteiger partial charge in [0, 0.05) is 37.1 Å². The molecule has 1 amide bonds. The molecule has 0 spiro atoms. The molecule has 0 radical (unpaired) electrons. The first-order valence-corrected chi connectivity index (χ1v) is 11.4. The molecular weight excluding hydrogens is 491 g/mol. The van der Waals surface area contributed by atoms with Crippen molar-refractivity contribution in [2.24, 2.45) is 0 Å². The quantitative estimate of drug-likeness (QED) is 0.545. The van der Waals surface area contributed by atoms with Gasteiger partial charge in [-0.2, -0.15) is 5.26 Å². The van der Waals surface area contributed by atoms with E-state index in [1.165, 1.54) is 12.1 Å². The predicted molar refractivity (Wildman–Crippen MR) is 125 cm³/mol. The average molecular weight is 515 g/mol. The summed E-state index contributed by atoms with van der Waals surface area (Å²) in [5, 5.41) is 11.9. The maximum absolute atomic E-state index is 14.2. The fourth-order valence-electron chi connectivity index (χ4n) is 3.86. The lowest BCUT2D eigenvalue weighted by Crippen LogP contribution is -2.49. The van der Waals surface area contributed by atoms with E-state index in [1.807, 2.05) is 31.2 Å². The van der Waals surface area contributed by atoms with Crippen LogP contribution >= 0.6 is 15.9 Å². The summed E-state index contributed by atoms with van der Waals surface area (Å²) in [7, 11) is 0. The molecule has 1 N–H and O–H groups in total. The first kappa shape index (κ1) is 23.0. The van der Waals surface area contributed by atoms with E-state index in [-0.39, 0.29) is 11.6 Å². The Balaban J connectivity index is 1.62. The highest BCUT2D eigenvalue weighted by Crippen LogP contribution is 2.33. The number of halogens is 2. The van der Waals surface area contributed by atoms with Crippen molar-refractivity contribution in [3.05, 3.63) is 46.6 Å². The standard InChI is InChI=1S/C23H24BrFN6O2/c1-23(2,3)33-22(32)28-16-5-4-9-30(13-16)20-21-29-18(19(24)31(21)10-8-27-20)14-6-7-15(12-26)17(25)11-14/h6-8,10-11,16H,4-5,9,13H2,1-3H3,(H,28,32)/t16-/m0/s1. The third kappa shape index (κ3) is 4.93. The highest BCUT2D eigenvalue weighted by Gasteiger charge is 2.27. The zero-order chi connectivity index (χ0) is 23.8. The van der Waals surface area contributed by atoms with Gasteiger partial charge < -0.3 is 15.0 Å². The van der Waals surface area contributed by atoms with Gasteiger partial charge in [-0.1, -0.05) is 6.07 Å². The van der Waals surface area contributed by atoms with Crippen LogP contribution in [0.15, 0.2) is 35.2 Å². The number of anilines is 1. The van der Waals surface area contributed by atoms with Crippen molar-refractivity contribution in [1.82, 2.24) is 19.7 Å². The SMILES string of the molecule is CC(C)(C)OC(=O)N[C@H]1CCCN(c2nccn3c(Br)c(-c4ccc(C#N)c(F)c4)nc23)C1. The third-order valence-electron chi connectivity index (χ3n) is 5.27. The number of amides is 1. The fraction of sp³-hybridized carbons (Fsp3) is 0.391. The number of alkyl carbamates (subject to hydrolysis) is 1. The van der Waals surface area contributed by atoms with Gasteiger partial charge in [-0.25, -0.2) is 19.2 Å². The van der Waals surface area contributed by atoms with Gasteiger partial charge >= 0.3 is 6.09 Å². The molecule has 1 aromatic carbocycles. The van der Waals surface area contributed by atoms with Crippen LogP contribution in [-0.4, -0.2) is 45.2 Å². The number of aromatic nitrogens is 3. The van der Waals surface area contributed by atoms with Gasteiger partial charge in [0.2, 0.25) is 0 Å². The average Bonchev–Trinajstić information content (AvgIpc) is 3.09. The van der Waals surface area contributed by atoms with Crippen LogP contribution in [0.25, 0.3) is 16.9 Å². The number of nitrogens with zero attached hydrogens (tertiary/aromatic N) is 5. The predicted octanol–water partition coefficient (Wildman–Crippen LogP) is 4.66. The first-order valence-electron chi connectivity index (χ1n) is 10.6. The normalized spacial score (nSPS) is 16.5. The zero-order valence-corrected chi connectivity index (χ0v) is 20.2. The van der Waals surface area contributed by atoms with Gasteiger partial charge in [0.05, 0.1) is 5.56 Å². The van der Waals surface area contributed by atoms with E-state index in [0.29, 0.717) is 33.9 Å². The van der Waals surface area contributed by atoms with Gasteiger partial charge in [-0.3, -0.25) is 4.40 Å². The molecule has 0 bridgehead atoms. The number of carbonyl (C=O) groups excluding carboxylic acids is 1. The second-order valence-electron chi connectivity index (χ2n) is 8.93. The van der Waals surface area contributed by atoms with Crippen LogP contribution < -0.4 is 10.2 Å². The molecule has 8 nitrogen and oxygen atoms in total. The van der Waals surface area contributed by atoms with Gasteiger partial charge in [-0.05, 0) is 61.7 Å². The van der Waals surface area contributed by atoms with Crippen molar-refractivity contribution >= 4 is 33.5 Å². The van der Waals surface area contributed by atoms with Gasteiger partial charge in [0.25, 0.3) is 0 Å². The number of nitriles is 1. The van der Waals surface area contributed by atoms with Crippen LogP contribution in [0.2, 0.25) is 0 Å². The Hall–Kier alpha value is -3.19. The molecule has 4 rings (SSSR count).